The van der Waals surface area contributed by atoms with Crippen LogP contribution in [0.3, 0.4) is 0 Å². The maximum atomic E-state index is 13.2. The van der Waals surface area contributed by atoms with Gasteiger partial charge in [-0.15, -0.1) is 0 Å². The minimum absolute atomic E-state index is 0.0818. The summed E-state index contributed by atoms with van der Waals surface area (Å²) in [6.45, 7) is 4.54. The number of phenolic OH excluding ortho intramolecular Hbond substituents is 2. The van der Waals surface area contributed by atoms with Crippen molar-refractivity contribution in [2.45, 2.75) is 180 Å². The van der Waals surface area contributed by atoms with Crippen molar-refractivity contribution < 1.29 is 20.1 Å². The maximum Gasteiger partial charge on any atom is 0.132 e. The summed E-state index contributed by atoms with van der Waals surface area (Å²) in [6, 6.07) is 22.4. The van der Waals surface area contributed by atoms with Gasteiger partial charge in [0.2, 0.25) is 0 Å². The number of fused-ring (bicyclic) bond motifs is 8. The third kappa shape index (κ3) is 13.2. The standard InChI is InChI=1S/C59H76N4O4/c1-3-5-7-9-11-13-15-17-19-21-23-31-46-49-33-34-51(60-49)47(32-24-22-20-18-16-14-12-10-8-6-4-2)58-59(67)48(41-64)57(63-58)56(43-28-26-30-45(66)40-43)54-38-37-53(62-54)55(52-36-35-50(46)61-52)42-27-25-29-44(65)39-42/h25-30,33-41,48,59-60,62,65-67H,3-24,31-32H2,1-2H3/t48-,59-/m1/s1. The molecule has 3 aromatic heterocycles. The number of aromatic hydroxyl groups is 2. The van der Waals surface area contributed by atoms with E-state index < -0.39 is 12.0 Å². The first-order valence-corrected chi connectivity index (χ1v) is 26.1. The second kappa shape index (κ2) is 25.6. The highest BCUT2D eigenvalue weighted by Gasteiger charge is 2.35. The van der Waals surface area contributed by atoms with Crippen LogP contribution in [0, 0.1) is 0 Å². The van der Waals surface area contributed by atoms with E-state index in [1.54, 1.807) is 30.3 Å². The minimum atomic E-state index is -1.16. The molecule has 0 aliphatic carbocycles. The molecule has 0 unspecified atom stereocenters. The molecule has 0 saturated heterocycles. The number of phenols is 2. The number of nitrogens with zero attached hydrogens (tertiary/aromatic N) is 2. The summed E-state index contributed by atoms with van der Waals surface area (Å²) in [6.07, 6.45) is 33.0. The van der Waals surface area contributed by atoms with Gasteiger partial charge in [0.05, 0.1) is 28.7 Å². The van der Waals surface area contributed by atoms with Crippen molar-refractivity contribution in [3.8, 4) is 33.8 Å². The molecule has 2 aliphatic rings. The normalized spacial score (nSPS) is 14.6. The number of H-pyrrole nitrogens is 2. The zero-order valence-corrected chi connectivity index (χ0v) is 40.4. The van der Waals surface area contributed by atoms with Gasteiger partial charge in [-0.2, -0.15) is 0 Å². The number of nitrogens with one attached hydrogen (secondary N) is 2. The lowest BCUT2D eigenvalue weighted by molar-refractivity contribution is -0.111. The van der Waals surface area contributed by atoms with Gasteiger partial charge in [0.25, 0.3) is 0 Å². The summed E-state index contributed by atoms with van der Waals surface area (Å²) >= 11 is 0. The molecule has 8 bridgehead atoms. The molecular formula is C59H76N4O4. The number of aliphatic hydroxyl groups excluding tert-OH is 1. The van der Waals surface area contributed by atoms with Crippen molar-refractivity contribution in [1.82, 2.24) is 19.9 Å². The fourth-order valence-electron chi connectivity index (χ4n) is 10.2. The number of aromatic amines is 2. The van der Waals surface area contributed by atoms with E-state index in [2.05, 4.69) is 48.1 Å². The van der Waals surface area contributed by atoms with Gasteiger partial charge >= 0.3 is 0 Å². The monoisotopic (exact) mass is 905 g/mol. The highest BCUT2D eigenvalue weighted by molar-refractivity contribution is 5.94. The number of rotatable bonds is 27. The van der Waals surface area contributed by atoms with Crippen LogP contribution < -0.4 is 0 Å². The Balaban J connectivity index is 1.33. The van der Waals surface area contributed by atoms with Crippen LogP contribution in [0.15, 0.2) is 72.8 Å². The molecule has 7 rings (SSSR count). The second-order valence-electron chi connectivity index (χ2n) is 19.2. The molecule has 8 nitrogen and oxygen atoms in total. The Kier molecular flexibility index (Phi) is 18.9. The van der Waals surface area contributed by atoms with Crippen LogP contribution >= 0.6 is 0 Å². The predicted octanol–water partition coefficient (Wildman–Crippen LogP) is 16.0. The number of aryl methyl sites for hydroxylation is 2. The molecule has 2 aliphatic heterocycles. The average Bonchev–Trinajstić information content (AvgIpc) is 4.16. The van der Waals surface area contributed by atoms with Crippen molar-refractivity contribution >= 4 is 40.5 Å². The van der Waals surface area contributed by atoms with Crippen LogP contribution in [0.1, 0.15) is 201 Å². The summed E-state index contributed by atoms with van der Waals surface area (Å²) in [5, 5.41) is 33.8. The molecule has 0 saturated carbocycles. The number of aliphatic hydroxyl groups is 1. The van der Waals surface area contributed by atoms with Crippen molar-refractivity contribution in [1.29, 1.82) is 0 Å². The molecule has 356 valence electrons. The van der Waals surface area contributed by atoms with Gasteiger partial charge in [-0.05, 0) is 103 Å². The van der Waals surface area contributed by atoms with E-state index in [0.29, 0.717) is 34.5 Å². The van der Waals surface area contributed by atoms with E-state index in [4.69, 9.17) is 9.97 Å². The van der Waals surface area contributed by atoms with Crippen molar-refractivity contribution in [2.75, 3.05) is 0 Å². The smallest absolute Gasteiger partial charge is 0.132 e. The molecule has 0 fully saturated rings. The highest BCUT2D eigenvalue weighted by Crippen LogP contribution is 2.43. The number of unbranched alkanes of at least 4 members (excludes halogenated alkanes) is 20. The molecule has 5 heterocycles. The minimum Gasteiger partial charge on any atom is -0.508 e. The molecule has 0 amide bonds. The lowest BCUT2D eigenvalue weighted by Crippen LogP contribution is -2.08. The topological polar surface area (TPSA) is 135 Å². The number of benzene rings is 2. The van der Waals surface area contributed by atoms with Crippen LogP contribution in [0.4, 0.5) is 0 Å². The number of carbonyl (C=O) groups excluding carboxylic acids is 1. The van der Waals surface area contributed by atoms with E-state index >= 15 is 0 Å². The van der Waals surface area contributed by atoms with Gasteiger partial charge in [-0.1, -0.05) is 167 Å². The molecule has 67 heavy (non-hydrogen) atoms. The Morgan fingerprint density at radius 2 is 0.925 bits per heavy atom. The molecule has 5 aromatic rings. The van der Waals surface area contributed by atoms with Gasteiger partial charge in [-0.3, -0.25) is 4.98 Å². The lowest BCUT2D eigenvalue weighted by atomic mass is 9.92. The lowest BCUT2D eigenvalue weighted by Gasteiger charge is -2.13. The van der Waals surface area contributed by atoms with Crippen LogP contribution in [0.25, 0.3) is 56.5 Å². The molecule has 8 heteroatoms. The molecular weight excluding hydrogens is 829 g/mol. The third-order valence-corrected chi connectivity index (χ3v) is 14.0. The number of hydrogen-bond acceptors (Lipinski definition) is 6. The summed E-state index contributed by atoms with van der Waals surface area (Å²) in [7, 11) is 0. The van der Waals surface area contributed by atoms with E-state index in [1.165, 1.54) is 109 Å². The number of carbonyl (C=O) groups is 1. The van der Waals surface area contributed by atoms with Crippen molar-refractivity contribution in [3.63, 3.8) is 0 Å². The fourth-order valence-corrected chi connectivity index (χ4v) is 10.2. The van der Waals surface area contributed by atoms with Gasteiger partial charge in [0.15, 0.2) is 0 Å². The van der Waals surface area contributed by atoms with Crippen LogP contribution in [0.5, 0.6) is 11.5 Å². The number of hydrogen-bond donors (Lipinski definition) is 5. The van der Waals surface area contributed by atoms with Crippen LogP contribution in [0.2, 0.25) is 0 Å². The van der Waals surface area contributed by atoms with Crippen LogP contribution in [-0.2, 0) is 17.6 Å². The zero-order chi connectivity index (χ0) is 46.8. The Morgan fingerprint density at radius 3 is 1.45 bits per heavy atom. The first kappa shape index (κ1) is 49.4. The van der Waals surface area contributed by atoms with E-state index in [9.17, 15) is 20.1 Å². The van der Waals surface area contributed by atoms with Crippen molar-refractivity contribution in [3.05, 3.63) is 107 Å². The molecule has 0 spiro atoms. The fraction of sp³-hybridized carbons (Fsp3) is 0.475. The predicted molar refractivity (Wildman–Crippen MR) is 278 cm³/mol. The number of aromatic nitrogens is 4. The molecule has 2 aromatic carbocycles. The third-order valence-electron chi connectivity index (χ3n) is 14.0. The van der Waals surface area contributed by atoms with E-state index in [1.807, 2.05) is 30.3 Å². The van der Waals surface area contributed by atoms with E-state index in [0.717, 1.165) is 95.0 Å². The first-order chi connectivity index (χ1) is 32.9. The summed E-state index contributed by atoms with van der Waals surface area (Å²) in [4.78, 5) is 31.4. The van der Waals surface area contributed by atoms with Gasteiger partial charge in [-0.25, -0.2) is 4.98 Å². The summed E-state index contributed by atoms with van der Waals surface area (Å²) < 4.78 is 0. The van der Waals surface area contributed by atoms with Crippen LogP contribution in [-0.4, -0.2) is 41.5 Å². The Hall–Kier alpha value is -5.47. The first-order valence-electron chi connectivity index (χ1n) is 26.1. The largest absolute Gasteiger partial charge is 0.508 e. The van der Waals surface area contributed by atoms with Crippen molar-refractivity contribution in [2.24, 2.45) is 0 Å². The Labute approximate surface area is 399 Å². The Bertz CT molecular complexity index is 2570. The van der Waals surface area contributed by atoms with Gasteiger partial charge in [0, 0.05) is 38.8 Å². The number of aldehydes is 1. The quantitative estimate of drug-likeness (QED) is 0.0258. The zero-order valence-electron chi connectivity index (χ0n) is 40.4. The van der Waals surface area contributed by atoms with E-state index in [-0.39, 0.29) is 11.5 Å². The second-order valence-corrected chi connectivity index (χ2v) is 19.2. The van der Waals surface area contributed by atoms with Gasteiger partial charge < -0.3 is 30.1 Å². The average molecular weight is 905 g/mol. The molecule has 2 atom stereocenters. The maximum absolute atomic E-state index is 13.2. The Morgan fingerprint density at radius 1 is 0.493 bits per heavy atom. The summed E-state index contributed by atoms with van der Waals surface area (Å²) in [5.74, 6) is -0.705. The SMILES string of the molecule is CCCCCCCCCCCCCc1c2nc(c(-c3cccc(O)c3)c3ccc([nH]3)c(-c3cccc(O)c3)c3nc(c(CCCCCCCCCCCCC)c4ccc1[nH]4)[C@H](O)[C@@H]3C=O)C=C2. The van der Waals surface area contributed by atoms with Gasteiger partial charge in [0.1, 0.15) is 23.9 Å². The summed E-state index contributed by atoms with van der Waals surface area (Å²) in [5.41, 5.74) is 10.9. The molecule has 0 radical (unpaired) electrons. The highest BCUT2D eigenvalue weighted by atomic mass is 16.3. The molecule has 5 N–H and O–H groups in total.